The number of hydrogen-bond acceptors (Lipinski definition) is 4. The number of aromatic nitrogens is 1. The van der Waals surface area contributed by atoms with Crippen molar-refractivity contribution < 1.29 is 0 Å². The second kappa shape index (κ2) is 5.75. The minimum atomic E-state index is 0.389. The minimum absolute atomic E-state index is 0.389. The van der Waals surface area contributed by atoms with E-state index in [1.165, 1.54) is 24.3 Å². The fraction of sp³-hybridized carbons (Fsp3) is 0.750. The highest BCUT2D eigenvalue weighted by Crippen LogP contribution is 2.24. The maximum absolute atomic E-state index is 6.01. The lowest BCUT2D eigenvalue weighted by atomic mass is 9.91. The summed E-state index contributed by atoms with van der Waals surface area (Å²) in [5, 5.41) is 6.96. The number of thiazole rings is 1. The summed E-state index contributed by atoms with van der Waals surface area (Å²) < 4.78 is 0. The molecule has 0 radical (unpaired) electrons. The Morgan fingerprint density at radius 2 is 2.50 bits per heavy atom. The molecule has 1 saturated carbocycles. The van der Waals surface area contributed by atoms with Gasteiger partial charge in [0.25, 0.3) is 0 Å². The largest absolute Gasteiger partial charge is 0.328 e. The van der Waals surface area contributed by atoms with E-state index in [1.54, 1.807) is 11.3 Å². The Labute approximate surface area is 101 Å². The van der Waals surface area contributed by atoms with Crippen LogP contribution in [0.25, 0.3) is 0 Å². The van der Waals surface area contributed by atoms with Crippen LogP contribution in [0.2, 0.25) is 0 Å². The van der Waals surface area contributed by atoms with E-state index < -0.39 is 0 Å². The molecular formula is C12H21N3S. The summed E-state index contributed by atoms with van der Waals surface area (Å²) in [5.41, 5.74) is 6.01. The summed E-state index contributed by atoms with van der Waals surface area (Å²) >= 11 is 1.74. The lowest BCUT2D eigenvalue weighted by Gasteiger charge is -2.30. The molecule has 1 aliphatic carbocycles. The van der Waals surface area contributed by atoms with Gasteiger partial charge in [0.15, 0.2) is 0 Å². The Bertz CT molecular complexity index is 299. The van der Waals surface area contributed by atoms with Gasteiger partial charge in [0.1, 0.15) is 5.01 Å². The molecule has 1 aliphatic rings. The maximum Gasteiger partial charge on any atom is 0.109 e. The summed E-state index contributed by atoms with van der Waals surface area (Å²) in [4.78, 5) is 4.40. The molecule has 1 fully saturated rings. The molecule has 0 amide bonds. The van der Waals surface area contributed by atoms with E-state index in [0.717, 1.165) is 12.8 Å². The van der Waals surface area contributed by atoms with Crippen LogP contribution in [0.4, 0.5) is 0 Å². The third kappa shape index (κ3) is 3.03. The second-order valence-electron chi connectivity index (χ2n) is 4.62. The maximum atomic E-state index is 6.01. The third-order valence-electron chi connectivity index (χ3n) is 3.31. The van der Waals surface area contributed by atoms with Gasteiger partial charge in [-0.1, -0.05) is 13.3 Å². The van der Waals surface area contributed by atoms with Crippen LogP contribution in [0, 0.1) is 0 Å². The van der Waals surface area contributed by atoms with E-state index in [9.17, 15) is 0 Å². The topological polar surface area (TPSA) is 50.9 Å². The van der Waals surface area contributed by atoms with Crippen molar-refractivity contribution in [2.75, 3.05) is 0 Å². The normalized spacial score (nSPS) is 27.9. The van der Waals surface area contributed by atoms with Crippen LogP contribution in [-0.2, 0) is 0 Å². The van der Waals surface area contributed by atoms with Gasteiger partial charge in [-0.15, -0.1) is 11.3 Å². The first-order valence-corrected chi connectivity index (χ1v) is 7.08. The van der Waals surface area contributed by atoms with Gasteiger partial charge in [-0.2, -0.15) is 0 Å². The van der Waals surface area contributed by atoms with E-state index in [0.29, 0.717) is 18.1 Å². The molecule has 2 rings (SSSR count). The summed E-state index contributed by atoms with van der Waals surface area (Å²) in [6, 6.07) is 1.38. The Morgan fingerprint density at radius 1 is 1.62 bits per heavy atom. The van der Waals surface area contributed by atoms with Crippen LogP contribution in [0.5, 0.6) is 0 Å². The summed E-state index contributed by atoms with van der Waals surface area (Å²) in [6.07, 6.45) is 7.80. The van der Waals surface area contributed by atoms with Crippen LogP contribution in [0.15, 0.2) is 11.6 Å². The summed E-state index contributed by atoms with van der Waals surface area (Å²) in [6.45, 7) is 2.21. The molecule has 1 aromatic rings. The van der Waals surface area contributed by atoms with Gasteiger partial charge in [-0.25, -0.2) is 4.98 Å². The molecule has 3 atom stereocenters. The number of nitrogens with one attached hydrogen (secondary N) is 1. The van der Waals surface area contributed by atoms with E-state index in [4.69, 9.17) is 5.73 Å². The van der Waals surface area contributed by atoms with E-state index >= 15 is 0 Å². The zero-order valence-electron chi connectivity index (χ0n) is 9.86. The van der Waals surface area contributed by atoms with Gasteiger partial charge in [0.2, 0.25) is 0 Å². The van der Waals surface area contributed by atoms with Crippen molar-refractivity contribution >= 4 is 11.3 Å². The highest BCUT2D eigenvalue weighted by atomic mass is 32.1. The zero-order chi connectivity index (χ0) is 11.4. The van der Waals surface area contributed by atoms with Crippen LogP contribution in [0.1, 0.15) is 50.1 Å². The minimum Gasteiger partial charge on any atom is -0.328 e. The highest BCUT2D eigenvalue weighted by Gasteiger charge is 2.22. The SMILES string of the molecule is CCC(NC1CCCC(N)C1)c1nccs1. The average molecular weight is 239 g/mol. The van der Waals surface area contributed by atoms with Gasteiger partial charge in [0, 0.05) is 23.7 Å². The Kier molecular flexibility index (Phi) is 4.32. The van der Waals surface area contributed by atoms with Crippen molar-refractivity contribution in [2.45, 2.75) is 57.2 Å². The van der Waals surface area contributed by atoms with Gasteiger partial charge in [-0.05, 0) is 25.7 Å². The molecule has 90 valence electrons. The first kappa shape index (κ1) is 12.0. The van der Waals surface area contributed by atoms with Crippen molar-refractivity contribution in [3.63, 3.8) is 0 Å². The smallest absolute Gasteiger partial charge is 0.109 e. The van der Waals surface area contributed by atoms with Gasteiger partial charge in [0.05, 0.1) is 6.04 Å². The lowest BCUT2D eigenvalue weighted by molar-refractivity contribution is 0.309. The molecule has 4 heteroatoms. The number of hydrogen-bond donors (Lipinski definition) is 2. The molecule has 3 N–H and O–H groups in total. The average Bonchev–Trinajstić information content (AvgIpc) is 2.79. The highest BCUT2D eigenvalue weighted by molar-refractivity contribution is 7.09. The predicted molar refractivity (Wildman–Crippen MR) is 68.5 cm³/mol. The van der Waals surface area contributed by atoms with Crippen molar-refractivity contribution in [3.05, 3.63) is 16.6 Å². The first-order valence-electron chi connectivity index (χ1n) is 6.20. The third-order valence-corrected chi connectivity index (χ3v) is 4.20. The quantitative estimate of drug-likeness (QED) is 0.848. The Hall–Kier alpha value is -0.450. The fourth-order valence-corrected chi connectivity index (χ4v) is 3.22. The molecule has 1 heterocycles. The van der Waals surface area contributed by atoms with E-state index in [1.807, 2.05) is 11.6 Å². The molecule has 0 saturated heterocycles. The van der Waals surface area contributed by atoms with E-state index in [-0.39, 0.29) is 0 Å². The predicted octanol–water partition coefficient (Wildman–Crippen LogP) is 2.45. The van der Waals surface area contributed by atoms with Crippen LogP contribution in [0.3, 0.4) is 0 Å². The van der Waals surface area contributed by atoms with Gasteiger partial charge < -0.3 is 11.1 Å². The Balaban J connectivity index is 1.91. The van der Waals surface area contributed by atoms with Crippen molar-refractivity contribution in [1.82, 2.24) is 10.3 Å². The number of rotatable bonds is 4. The molecule has 0 aromatic carbocycles. The van der Waals surface area contributed by atoms with Crippen molar-refractivity contribution in [3.8, 4) is 0 Å². The van der Waals surface area contributed by atoms with Crippen LogP contribution >= 0.6 is 11.3 Å². The monoisotopic (exact) mass is 239 g/mol. The molecular weight excluding hydrogens is 218 g/mol. The van der Waals surface area contributed by atoms with E-state index in [2.05, 4.69) is 17.2 Å². The molecule has 0 bridgehead atoms. The lowest BCUT2D eigenvalue weighted by Crippen LogP contribution is -2.40. The molecule has 0 aliphatic heterocycles. The summed E-state index contributed by atoms with van der Waals surface area (Å²) in [5.74, 6) is 0. The fourth-order valence-electron chi connectivity index (χ4n) is 2.43. The summed E-state index contributed by atoms with van der Waals surface area (Å²) in [7, 11) is 0. The molecule has 0 spiro atoms. The molecule has 3 unspecified atom stereocenters. The van der Waals surface area contributed by atoms with Crippen LogP contribution < -0.4 is 11.1 Å². The molecule has 1 aromatic heterocycles. The van der Waals surface area contributed by atoms with Crippen molar-refractivity contribution in [1.29, 1.82) is 0 Å². The van der Waals surface area contributed by atoms with Crippen LogP contribution in [-0.4, -0.2) is 17.1 Å². The first-order chi connectivity index (χ1) is 7.79. The molecule has 3 nitrogen and oxygen atoms in total. The van der Waals surface area contributed by atoms with Gasteiger partial charge >= 0.3 is 0 Å². The standard InChI is InChI=1S/C12H21N3S/c1-2-11(12-14-6-7-16-12)15-10-5-3-4-9(13)8-10/h6-7,9-11,15H,2-5,8,13H2,1H3. The van der Waals surface area contributed by atoms with Gasteiger partial charge in [-0.3, -0.25) is 0 Å². The second-order valence-corrected chi connectivity index (χ2v) is 5.55. The number of nitrogens with zero attached hydrogens (tertiary/aromatic N) is 1. The number of nitrogens with two attached hydrogens (primary N) is 1. The van der Waals surface area contributed by atoms with Crippen molar-refractivity contribution in [2.24, 2.45) is 5.73 Å². The Morgan fingerprint density at radius 3 is 3.12 bits per heavy atom. The zero-order valence-corrected chi connectivity index (χ0v) is 10.7. The molecule has 16 heavy (non-hydrogen) atoms.